The van der Waals surface area contributed by atoms with Gasteiger partial charge in [-0.3, -0.25) is 4.90 Å². The van der Waals surface area contributed by atoms with Gasteiger partial charge in [0.2, 0.25) is 11.8 Å². The number of rotatable bonds is 5. The molecule has 3 aliphatic rings. The van der Waals surface area contributed by atoms with Crippen LogP contribution in [0.5, 0.6) is 5.88 Å². The van der Waals surface area contributed by atoms with Crippen LogP contribution in [0.15, 0.2) is 53.4 Å². The number of piperidine rings is 1. The second-order valence-corrected chi connectivity index (χ2v) is 15.8. The molecule has 2 fully saturated rings. The SMILES string of the molecule is Cc1cccc(C)c1-c1cc2nc(n1)NS(=O)(=O)c1cccc(c1)C(C1CC3(CCN(CC(F)(F)F)CC3)C1)[C@H](CC(C)C)CO2. The first kappa shape index (κ1) is 32.7. The van der Waals surface area contributed by atoms with Gasteiger partial charge in [-0.15, -0.1) is 0 Å². The second-order valence-electron chi connectivity index (χ2n) is 14.1. The molecule has 1 aliphatic carbocycles. The van der Waals surface area contributed by atoms with Gasteiger partial charge in [0.25, 0.3) is 10.0 Å². The molecule has 6 rings (SSSR count). The number of fused-ring (bicyclic) bond motifs is 4. The number of nitrogens with zero attached hydrogens (tertiary/aromatic N) is 3. The number of likely N-dealkylation sites (tertiary alicyclic amines) is 1. The van der Waals surface area contributed by atoms with E-state index in [1.54, 1.807) is 24.3 Å². The normalized spacial score (nSPS) is 23.1. The van der Waals surface area contributed by atoms with Crippen molar-refractivity contribution in [1.29, 1.82) is 0 Å². The largest absolute Gasteiger partial charge is 0.477 e. The van der Waals surface area contributed by atoms with Gasteiger partial charge in [0.1, 0.15) is 0 Å². The van der Waals surface area contributed by atoms with Gasteiger partial charge in [-0.25, -0.2) is 18.1 Å². The number of anilines is 1. The van der Waals surface area contributed by atoms with Crippen LogP contribution < -0.4 is 9.46 Å². The summed E-state index contributed by atoms with van der Waals surface area (Å²) in [6.45, 7) is 8.79. The molecular formula is C35H43F3N4O3S. The van der Waals surface area contributed by atoms with Gasteiger partial charge in [-0.2, -0.15) is 18.2 Å². The molecule has 1 spiro atoms. The zero-order valence-corrected chi connectivity index (χ0v) is 27.7. The summed E-state index contributed by atoms with van der Waals surface area (Å²) in [5.74, 6) is 0.986. The number of benzene rings is 2. The fourth-order valence-electron chi connectivity index (χ4n) is 8.16. The minimum absolute atomic E-state index is 0.0233. The molecule has 1 N–H and O–H groups in total. The fraction of sp³-hybridized carbons (Fsp3) is 0.543. The van der Waals surface area contributed by atoms with E-state index < -0.39 is 22.7 Å². The highest BCUT2D eigenvalue weighted by atomic mass is 32.2. The smallest absolute Gasteiger partial charge is 0.401 e. The first-order chi connectivity index (χ1) is 21.7. The first-order valence-electron chi connectivity index (χ1n) is 16.2. The van der Waals surface area contributed by atoms with Gasteiger partial charge < -0.3 is 4.74 Å². The number of hydrogen-bond acceptors (Lipinski definition) is 6. The van der Waals surface area contributed by atoms with E-state index in [-0.39, 0.29) is 34.0 Å². The lowest BCUT2D eigenvalue weighted by atomic mass is 9.52. The van der Waals surface area contributed by atoms with Crippen molar-refractivity contribution in [3.63, 3.8) is 0 Å². The number of hydrogen-bond donors (Lipinski definition) is 1. The van der Waals surface area contributed by atoms with Crippen LogP contribution in [0.3, 0.4) is 0 Å². The van der Waals surface area contributed by atoms with Crippen molar-refractivity contribution in [1.82, 2.24) is 14.9 Å². The highest BCUT2D eigenvalue weighted by molar-refractivity contribution is 7.92. The van der Waals surface area contributed by atoms with Gasteiger partial charge in [-0.1, -0.05) is 44.2 Å². The number of nitrogens with one attached hydrogen (secondary N) is 1. The summed E-state index contributed by atoms with van der Waals surface area (Å²) in [5, 5.41) is 0. The molecule has 3 heterocycles. The number of aromatic nitrogens is 2. The molecular weight excluding hydrogens is 613 g/mol. The third-order valence-electron chi connectivity index (χ3n) is 10.2. The van der Waals surface area contributed by atoms with E-state index in [1.165, 1.54) is 4.90 Å². The van der Waals surface area contributed by atoms with Crippen LogP contribution >= 0.6 is 0 Å². The van der Waals surface area contributed by atoms with Gasteiger partial charge in [-0.05, 0) is 111 Å². The Labute approximate surface area is 270 Å². The van der Waals surface area contributed by atoms with Crippen molar-refractivity contribution in [2.24, 2.45) is 23.2 Å². The topological polar surface area (TPSA) is 84.4 Å². The molecule has 1 aromatic heterocycles. The van der Waals surface area contributed by atoms with Gasteiger partial charge in [0, 0.05) is 17.5 Å². The Balaban J connectivity index is 1.34. The number of ether oxygens (including phenoxy) is 1. The van der Waals surface area contributed by atoms with Crippen molar-refractivity contribution in [3.8, 4) is 17.1 Å². The van der Waals surface area contributed by atoms with Gasteiger partial charge in [0.15, 0.2) is 0 Å². The van der Waals surface area contributed by atoms with Crippen molar-refractivity contribution in [2.45, 2.75) is 76.8 Å². The number of alkyl halides is 3. The highest BCUT2D eigenvalue weighted by Gasteiger charge is 2.50. The second kappa shape index (κ2) is 12.4. The summed E-state index contributed by atoms with van der Waals surface area (Å²) in [6.07, 6.45) is 0.00598. The van der Waals surface area contributed by atoms with Crippen molar-refractivity contribution in [2.75, 3.05) is 31.0 Å². The van der Waals surface area contributed by atoms with Gasteiger partial charge in [0.05, 0.1) is 23.7 Å². The van der Waals surface area contributed by atoms with Crippen LogP contribution in [0.1, 0.15) is 68.6 Å². The summed E-state index contributed by atoms with van der Waals surface area (Å²) in [5.41, 5.74) is 4.49. The summed E-state index contributed by atoms with van der Waals surface area (Å²) in [7, 11) is -4.02. The van der Waals surface area contributed by atoms with Crippen LogP contribution in [0.25, 0.3) is 11.3 Å². The Hall–Kier alpha value is -3.18. The number of halogens is 3. The van der Waals surface area contributed by atoms with E-state index in [4.69, 9.17) is 4.74 Å². The van der Waals surface area contributed by atoms with E-state index in [0.717, 1.165) is 54.4 Å². The molecule has 11 heteroatoms. The Kier molecular flexibility index (Phi) is 8.86. The van der Waals surface area contributed by atoms with E-state index in [0.29, 0.717) is 37.2 Å². The fourth-order valence-corrected chi connectivity index (χ4v) is 9.16. The molecule has 7 nitrogen and oxygen atoms in total. The maximum atomic E-state index is 13.7. The molecule has 2 aromatic carbocycles. The quantitative estimate of drug-likeness (QED) is 0.302. The summed E-state index contributed by atoms with van der Waals surface area (Å²) in [4.78, 5) is 10.8. The summed E-state index contributed by atoms with van der Waals surface area (Å²) in [6, 6.07) is 14.9. The predicted octanol–water partition coefficient (Wildman–Crippen LogP) is 7.75. The Morgan fingerprint density at radius 3 is 2.35 bits per heavy atom. The van der Waals surface area contributed by atoms with Crippen molar-refractivity contribution < 1.29 is 26.3 Å². The molecule has 2 aliphatic heterocycles. The average molecular weight is 657 g/mol. The lowest BCUT2D eigenvalue weighted by molar-refractivity contribution is -0.154. The van der Waals surface area contributed by atoms with E-state index >= 15 is 0 Å². The zero-order valence-electron chi connectivity index (χ0n) is 26.9. The molecule has 1 saturated carbocycles. The van der Waals surface area contributed by atoms with Gasteiger partial charge >= 0.3 is 6.18 Å². The lowest BCUT2D eigenvalue weighted by Crippen LogP contribution is -2.51. The molecule has 0 amide bonds. The van der Waals surface area contributed by atoms with Crippen molar-refractivity contribution in [3.05, 3.63) is 65.2 Å². The maximum absolute atomic E-state index is 13.7. The van der Waals surface area contributed by atoms with Crippen molar-refractivity contribution >= 4 is 16.0 Å². The lowest BCUT2D eigenvalue weighted by Gasteiger charge is -2.55. The van der Waals surface area contributed by atoms with Crippen LogP contribution in [-0.4, -0.2) is 55.7 Å². The van der Waals surface area contributed by atoms with Crippen LogP contribution in [0.2, 0.25) is 0 Å². The van der Waals surface area contributed by atoms with Crippen LogP contribution in [0, 0.1) is 37.0 Å². The minimum atomic E-state index is -4.19. The third-order valence-corrected chi connectivity index (χ3v) is 11.5. The third kappa shape index (κ3) is 7.05. The zero-order chi connectivity index (χ0) is 32.9. The van der Waals surface area contributed by atoms with Crippen LogP contribution in [0.4, 0.5) is 19.1 Å². The Bertz CT molecular complexity index is 1660. The van der Waals surface area contributed by atoms with E-state index in [1.807, 2.05) is 38.1 Å². The molecule has 1 unspecified atom stereocenters. The molecule has 2 atom stereocenters. The minimum Gasteiger partial charge on any atom is -0.477 e. The molecule has 0 radical (unpaired) electrons. The summed E-state index contributed by atoms with van der Waals surface area (Å²) >= 11 is 0. The van der Waals surface area contributed by atoms with Crippen LogP contribution in [-0.2, 0) is 10.0 Å². The average Bonchev–Trinajstić information content (AvgIpc) is 2.94. The molecule has 4 bridgehead atoms. The maximum Gasteiger partial charge on any atom is 0.401 e. The number of aryl methyl sites for hydroxylation is 2. The predicted molar refractivity (Wildman–Crippen MR) is 172 cm³/mol. The Morgan fingerprint density at radius 2 is 1.70 bits per heavy atom. The molecule has 46 heavy (non-hydrogen) atoms. The number of sulfonamides is 1. The summed E-state index contributed by atoms with van der Waals surface area (Å²) < 4.78 is 75.6. The Morgan fingerprint density at radius 1 is 1.02 bits per heavy atom. The van der Waals surface area contributed by atoms with E-state index in [2.05, 4.69) is 28.5 Å². The first-order valence-corrected chi connectivity index (χ1v) is 17.7. The standard InChI is InChI=1S/C35H43F3N4O3S/c1-22(2)15-26-20-45-30-17-29(31-23(3)7-5-8-24(31)4)39-33(40-30)41-46(43,44)28-10-6-9-25(16-28)32(26)27-18-34(19-27)11-13-42(14-12-34)21-35(36,37)38/h5-10,16-17,22,26-27,32H,11-15,18-21H2,1-4H3,(H,39,40,41)/t26-,32?/m1/s1. The highest BCUT2D eigenvalue weighted by Crippen LogP contribution is 2.59. The molecule has 1 saturated heterocycles. The molecule has 248 valence electrons. The van der Waals surface area contributed by atoms with E-state index in [9.17, 15) is 21.6 Å². The molecule has 3 aromatic rings. The monoisotopic (exact) mass is 656 g/mol.